The van der Waals surface area contributed by atoms with E-state index in [0.717, 1.165) is 0 Å². The van der Waals surface area contributed by atoms with E-state index in [0.29, 0.717) is 21.1 Å². The van der Waals surface area contributed by atoms with E-state index in [1.54, 1.807) is 6.07 Å². The van der Waals surface area contributed by atoms with Gasteiger partial charge in [-0.15, -0.1) is 0 Å². The van der Waals surface area contributed by atoms with Gasteiger partial charge in [0, 0.05) is 12.3 Å². The van der Waals surface area contributed by atoms with Crippen LogP contribution in [0.5, 0.6) is 11.6 Å². The molecule has 1 aromatic carbocycles. The first-order valence-corrected chi connectivity index (χ1v) is 5.77. The molecule has 0 radical (unpaired) electrons. The summed E-state index contributed by atoms with van der Waals surface area (Å²) < 4.78 is 18.9. The zero-order chi connectivity index (χ0) is 12.4. The molecule has 2 rings (SSSR count). The van der Waals surface area contributed by atoms with Gasteiger partial charge in [-0.3, -0.25) is 0 Å². The van der Waals surface area contributed by atoms with Gasteiger partial charge in [-0.05, 0) is 34.1 Å². The molecule has 6 heteroatoms. The number of halogens is 3. The predicted octanol–water partition coefficient (Wildman–Crippen LogP) is 4.01. The first-order valence-electron chi connectivity index (χ1n) is 4.60. The minimum Gasteiger partial charge on any atom is -0.436 e. The molecule has 0 aliphatic heterocycles. The summed E-state index contributed by atoms with van der Waals surface area (Å²) in [6.07, 6.45) is 1.45. The van der Waals surface area contributed by atoms with Crippen molar-refractivity contribution in [3.63, 3.8) is 0 Å². The summed E-state index contributed by atoms with van der Waals surface area (Å²) in [7, 11) is 0. The van der Waals surface area contributed by atoms with Gasteiger partial charge in [-0.1, -0.05) is 11.6 Å². The Labute approximate surface area is 110 Å². The lowest BCUT2D eigenvalue weighted by Gasteiger charge is -2.08. The van der Waals surface area contributed by atoms with Crippen molar-refractivity contribution in [1.82, 2.24) is 4.98 Å². The largest absolute Gasteiger partial charge is 0.436 e. The Morgan fingerprint density at radius 3 is 2.76 bits per heavy atom. The Morgan fingerprint density at radius 1 is 1.35 bits per heavy atom. The summed E-state index contributed by atoms with van der Waals surface area (Å²) in [5, 5.41) is 0.483. The number of ether oxygens (including phenoxy) is 1. The van der Waals surface area contributed by atoms with Crippen LogP contribution < -0.4 is 10.5 Å². The molecule has 0 aliphatic carbocycles. The van der Waals surface area contributed by atoms with Gasteiger partial charge in [-0.2, -0.15) is 0 Å². The summed E-state index contributed by atoms with van der Waals surface area (Å²) >= 11 is 9.01. The van der Waals surface area contributed by atoms with E-state index >= 15 is 0 Å². The molecule has 0 atom stereocenters. The smallest absolute Gasteiger partial charge is 0.233 e. The third kappa shape index (κ3) is 2.87. The van der Waals surface area contributed by atoms with E-state index in [2.05, 4.69) is 20.9 Å². The van der Waals surface area contributed by atoms with Crippen molar-refractivity contribution >= 4 is 33.2 Å². The van der Waals surface area contributed by atoms with E-state index < -0.39 is 5.82 Å². The van der Waals surface area contributed by atoms with Gasteiger partial charge < -0.3 is 10.5 Å². The van der Waals surface area contributed by atoms with Crippen LogP contribution in [0.25, 0.3) is 0 Å². The van der Waals surface area contributed by atoms with Crippen LogP contribution >= 0.6 is 27.5 Å². The topological polar surface area (TPSA) is 48.1 Å². The lowest BCUT2D eigenvalue weighted by Crippen LogP contribution is -1.95. The van der Waals surface area contributed by atoms with Gasteiger partial charge >= 0.3 is 0 Å². The molecule has 0 aliphatic rings. The van der Waals surface area contributed by atoms with Crippen molar-refractivity contribution in [3.05, 3.63) is 45.8 Å². The monoisotopic (exact) mass is 316 g/mol. The van der Waals surface area contributed by atoms with Gasteiger partial charge in [0.2, 0.25) is 5.88 Å². The highest BCUT2D eigenvalue weighted by Crippen LogP contribution is 2.32. The number of anilines is 1. The molecule has 0 bridgehead atoms. The summed E-state index contributed by atoms with van der Waals surface area (Å²) in [5.41, 5.74) is 5.82. The summed E-state index contributed by atoms with van der Waals surface area (Å²) in [5.74, 6) is 0.229. The highest BCUT2D eigenvalue weighted by molar-refractivity contribution is 9.10. The molecule has 0 amide bonds. The maximum Gasteiger partial charge on any atom is 0.233 e. The van der Waals surface area contributed by atoms with E-state index in [9.17, 15) is 4.39 Å². The van der Waals surface area contributed by atoms with Crippen LogP contribution in [0.3, 0.4) is 0 Å². The molecule has 1 heterocycles. The molecule has 0 spiro atoms. The number of nitrogens with zero attached hydrogens (tertiary/aromatic N) is 1. The van der Waals surface area contributed by atoms with Crippen molar-refractivity contribution in [3.8, 4) is 11.6 Å². The number of nitrogens with two attached hydrogens (primary N) is 1. The van der Waals surface area contributed by atoms with Gasteiger partial charge in [-0.25, -0.2) is 9.37 Å². The van der Waals surface area contributed by atoms with Crippen molar-refractivity contribution in [2.45, 2.75) is 0 Å². The van der Waals surface area contributed by atoms with Crippen LogP contribution in [0.1, 0.15) is 0 Å². The molecule has 1 aromatic heterocycles. The number of hydrogen-bond acceptors (Lipinski definition) is 3. The average molecular weight is 318 g/mol. The summed E-state index contributed by atoms with van der Waals surface area (Å²) in [6.45, 7) is 0. The normalized spacial score (nSPS) is 10.3. The van der Waals surface area contributed by atoms with Crippen molar-refractivity contribution in [1.29, 1.82) is 0 Å². The Morgan fingerprint density at radius 2 is 2.12 bits per heavy atom. The maximum absolute atomic E-state index is 12.8. The van der Waals surface area contributed by atoms with E-state index in [-0.39, 0.29) is 5.69 Å². The lowest BCUT2D eigenvalue weighted by molar-refractivity contribution is 0.460. The van der Waals surface area contributed by atoms with E-state index in [4.69, 9.17) is 22.1 Å². The average Bonchev–Trinajstić information content (AvgIpc) is 2.25. The number of pyridine rings is 1. The Balaban J connectivity index is 2.31. The minimum absolute atomic E-state index is 0.202. The van der Waals surface area contributed by atoms with Gasteiger partial charge in [0.1, 0.15) is 5.82 Å². The Kier molecular flexibility index (Phi) is 3.49. The van der Waals surface area contributed by atoms with Crippen molar-refractivity contribution in [2.24, 2.45) is 0 Å². The molecular weight excluding hydrogens is 310 g/mol. The van der Waals surface area contributed by atoms with Crippen molar-refractivity contribution in [2.75, 3.05) is 5.73 Å². The molecule has 3 nitrogen and oxygen atoms in total. The molecule has 0 saturated carbocycles. The Bertz CT molecular complexity index is 516. The molecule has 0 fully saturated rings. The second kappa shape index (κ2) is 4.89. The van der Waals surface area contributed by atoms with E-state index in [1.807, 2.05) is 0 Å². The fourth-order valence-corrected chi connectivity index (χ4v) is 1.91. The third-order valence-electron chi connectivity index (χ3n) is 1.95. The fraction of sp³-hybridized carbons (Fsp3) is 0. The number of nitrogen functional groups attached to an aromatic ring is 1. The zero-order valence-electron chi connectivity index (χ0n) is 8.45. The summed E-state index contributed by atoms with van der Waals surface area (Å²) in [4.78, 5) is 3.99. The lowest BCUT2D eigenvalue weighted by atomic mass is 10.3. The number of rotatable bonds is 2. The van der Waals surface area contributed by atoms with Crippen LogP contribution in [0.15, 0.2) is 34.9 Å². The van der Waals surface area contributed by atoms with Gasteiger partial charge in [0.15, 0.2) is 5.75 Å². The molecule has 0 saturated heterocycles. The zero-order valence-corrected chi connectivity index (χ0v) is 10.8. The molecule has 17 heavy (non-hydrogen) atoms. The SMILES string of the molecule is Nc1cc(F)ccc1Oc1ncc(Cl)cc1Br. The molecule has 2 aromatic rings. The number of benzene rings is 1. The fourth-order valence-electron chi connectivity index (χ4n) is 1.19. The van der Waals surface area contributed by atoms with Gasteiger partial charge in [0.25, 0.3) is 0 Å². The second-order valence-electron chi connectivity index (χ2n) is 3.22. The van der Waals surface area contributed by atoms with E-state index in [1.165, 1.54) is 24.4 Å². The highest BCUT2D eigenvalue weighted by atomic mass is 79.9. The predicted molar refractivity (Wildman–Crippen MR) is 67.8 cm³/mol. The molecular formula is C11H7BrClFN2O. The van der Waals surface area contributed by atoms with Crippen LogP contribution in [0.4, 0.5) is 10.1 Å². The van der Waals surface area contributed by atoms with Crippen molar-refractivity contribution < 1.29 is 9.13 Å². The van der Waals surface area contributed by atoms with Gasteiger partial charge in [0.05, 0.1) is 15.2 Å². The third-order valence-corrected chi connectivity index (χ3v) is 2.73. The Hall–Kier alpha value is -1.33. The molecule has 88 valence electrons. The van der Waals surface area contributed by atoms with Crippen LogP contribution in [-0.4, -0.2) is 4.98 Å². The van der Waals surface area contributed by atoms with Crippen LogP contribution in [0, 0.1) is 5.82 Å². The maximum atomic E-state index is 12.8. The number of hydrogen-bond donors (Lipinski definition) is 1. The first kappa shape index (κ1) is 12.1. The summed E-state index contributed by atoms with van der Waals surface area (Å²) in [6, 6.07) is 5.52. The van der Waals surface area contributed by atoms with Crippen LogP contribution in [0.2, 0.25) is 5.02 Å². The quantitative estimate of drug-likeness (QED) is 0.851. The minimum atomic E-state index is -0.419. The van der Waals surface area contributed by atoms with Crippen LogP contribution in [-0.2, 0) is 0 Å². The molecule has 0 unspecified atom stereocenters. The first-order chi connectivity index (χ1) is 8.06. The molecule has 2 N–H and O–H groups in total. The number of aromatic nitrogens is 1. The second-order valence-corrected chi connectivity index (χ2v) is 4.52. The standard InChI is InChI=1S/C11H7BrClFN2O/c12-8-3-6(13)5-16-11(8)17-10-2-1-7(14)4-9(10)15/h1-5H,15H2. The highest BCUT2D eigenvalue weighted by Gasteiger charge is 2.08.